The highest BCUT2D eigenvalue weighted by atomic mass is 31.3. The Morgan fingerprint density at radius 3 is 1.98 bits per heavy atom. The summed E-state index contributed by atoms with van der Waals surface area (Å²) in [4.78, 5) is 92.2. The first-order valence-corrected chi connectivity index (χ1v) is 19.1. The topological polar surface area (TPSA) is 362 Å². The summed E-state index contributed by atoms with van der Waals surface area (Å²) in [5.41, 5.74) is 6.01. The van der Waals surface area contributed by atoms with Gasteiger partial charge in [0.2, 0.25) is 6.29 Å². The van der Waals surface area contributed by atoms with E-state index in [4.69, 9.17) is 47.9 Å². The Morgan fingerprint density at radius 2 is 1.41 bits per heavy atom. The lowest BCUT2D eigenvalue weighted by Gasteiger charge is -2.35. The smallest absolute Gasteiger partial charge is 0.462 e. The number of esters is 5. The first-order valence-electron chi connectivity index (χ1n) is 16.1. The number of hydrogen-bond acceptors (Lipinski definition) is 23. The van der Waals surface area contributed by atoms with Gasteiger partial charge in [0.1, 0.15) is 55.6 Å². The van der Waals surface area contributed by atoms with Crippen molar-refractivity contribution in [1.29, 1.82) is 0 Å². The summed E-state index contributed by atoms with van der Waals surface area (Å²) in [6, 6.07) is 0. The zero-order valence-electron chi connectivity index (χ0n) is 30.5. The van der Waals surface area contributed by atoms with Gasteiger partial charge in [-0.05, 0) is 6.92 Å². The molecule has 0 aliphatic carbocycles. The number of ether oxygens (including phenoxy) is 7. The third kappa shape index (κ3) is 13.5. The van der Waals surface area contributed by atoms with E-state index in [1.165, 1.54) is 17.8 Å². The highest BCUT2D eigenvalue weighted by molar-refractivity contribution is 7.61. The molecule has 0 bridgehead atoms. The lowest BCUT2D eigenvalue weighted by molar-refractivity contribution is -0.242. The number of aliphatic hydroxyl groups excluding tert-OH is 2. The molecular formula is C28H41N5O21P2. The van der Waals surface area contributed by atoms with Gasteiger partial charge in [0.05, 0.1) is 12.9 Å². The summed E-state index contributed by atoms with van der Waals surface area (Å²) < 4.78 is 78.1. The Balaban J connectivity index is 1.88. The highest BCUT2D eigenvalue weighted by Gasteiger charge is 2.48. The van der Waals surface area contributed by atoms with Gasteiger partial charge in [-0.25, -0.2) is 24.1 Å². The molecule has 6 N–H and O–H groups in total. The van der Waals surface area contributed by atoms with Crippen molar-refractivity contribution >= 4 is 62.5 Å². The van der Waals surface area contributed by atoms with Crippen molar-refractivity contribution in [2.24, 2.45) is 0 Å². The summed E-state index contributed by atoms with van der Waals surface area (Å²) in [5, 5.41) is 21.3. The van der Waals surface area contributed by atoms with Crippen LogP contribution in [0.3, 0.4) is 0 Å². The number of phosphoric acid groups is 2. The number of fused-ring (bicyclic) bond motifs is 1. The molecule has 11 atom stereocenters. The van der Waals surface area contributed by atoms with Crippen LogP contribution in [0.5, 0.6) is 0 Å². The molecule has 56 heavy (non-hydrogen) atoms. The number of hydrogen-bond donors (Lipinski definition) is 5. The van der Waals surface area contributed by atoms with Crippen LogP contribution in [0.15, 0.2) is 12.7 Å². The fourth-order valence-electron chi connectivity index (χ4n) is 4.98. The van der Waals surface area contributed by atoms with Crippen molar-refractivity contribution < 1.29 is 99.6 Å². The van der Waals surface area contributed by atoms with Crippen molar-refractivity contribution in [1.82, 2.24) is 19.5 Å². The fourth-order valence-corrected chi connectivity index (χ4v) is 7.15. The van der Waals surface area contributed by atoms with Crippen molar-refractivity contribution in [3.8, 4) is 0 Å². The van der Waals surface area contributed by atoms with E-state index in [1.807, 2.05) is 0 Å². The van der Waals surface area contributed by atoms with E-state index in [0.29, 0.717) is 0 Å². The summed E-state index contributed by atoms with van der Waals surface area (Å²) in [6.45, 7) is 3.13. The number of nitrogens with two attached hydrogens (primary N) is 1. The van der Waals surface area contributed by atoms with E-state index in [9.17, 15) is 53.1 Å². The van der Waals surface area contributed by atoms with Crippen LogP contribution in [-0.2, 0) is 79.6 Å². The lowest BCUT2D eigenvalue weighted by Crippen LogP contribution is -2.50. The number of nitrogens with zero attached hydrogens (tertiary/aromatic N) is 4. The molecule has 1 saturated heterocycles. The third-order valence-electron chi connectivity index (χ3n) is 7.16. The molecule has 2 aromatic heterocycles. The van der Waals surface area contributed by atoms with Crippen molar-refractivity contribution in [2.75, 3.05) is 25.6 Å². The Hall–Kier alpha value is -4.20. The SMILES string of the molecule is CC(=O)OC[C@@H](OC(C)=O)C(OC([C@H](C)OC(C)=O)[C@@H](COC(C)=O)OC(C)=O)OP(=O)(O)OP(=O)(O)OCC1OC(n2cnc3c(N)ncnc32)C(O)C1O. The maximum Gasteiger partial charge on any atom is 0.483 e. The van der Waals surface area contributed by atoms with Crippen LogP contribution in [0.1, 0.15) is 47.8 Å². The zero-order chi connectivity index (χ0) is 42.1. The molecule has 28 heteroatoms. The summed E-state index contributed by atoms with van der Waals surface area (Å²) in [6.07, 6.45) is -13.7. The standard InChI is InChI=1S/C28H41N5O21P2/c1-12(48-15(4)36)24(19(49-16(5)37)7-45-13(2)34)52-28(20(50-17(6)38)8-46-14(3)35)53-56(43,44)54-55(41,42)47-9-18-22(39)23(40)27(51-18)33-11-32-21-25(29)30-10-31-26(21)33/h10-12,18-20,22-24,27-28,39-40H,7-9H2,1-6H3,(H,41,42)(H,43,44)(H2,29,30,31)/t12-,18?,19+,20+,22?,23?,24?,27?,28?/m0/s1. The van der Waals surface area contributed by atoms with Gasteiger partial charge < -0.3 is 58.9 Å². The van der Waals surface area contributed by atoms with Crippen LogP contribution in [0, 0.1) is 0 Å². The average molecular weight is 846 g/mol. The van der Waals surface area contributed by atoms with E-state index in [2.05, 4.69) is 19.3 Å². The molecular weight excluding hydrogens is 804 g/mol. The Bertz CT molecular complexity index is 1830. The van der Waals surface area contributed by atoms with Gasteiger partial charge in [0, 0.05) is 34.6 Å². The van der Waals surface area contributed by atoms with Crippen molar-refractivity contribution in [3.63, 3.8) is 0 Å². The number of rotatable bonds is 20. The molecule has 26 nitrogen and oxygen atoms in total. The minimum Gasteiger partial charge on any atom is -0.462 e. The number of aromatic nitrogens is 4. The monoisotopic (exact) mass is 845 g/mol. The van der Waals surface area contributed by atoms with Gasteiger partial charge in [-0.1, -0.05) is 0 Å². The molecule has 314 valence electrons. The van der Waals surface area contributed by atoms with Crippen LogP contribution < -0.4 is 5.73 Å². The molecule has 1 aliphatic rings. The number of imidazole rings is 1. The van der Waals surface area contributed by atoms with E-state index in [0.717, 1.165) is 40.9 Å². The Morgan fingerprint density at radius 1 is 0.839 bits per heavy atom. The van der Waals surface area contributed by atoms with Gasteiger partial charge in [0.25, 0.3) is 0 Å². The van der Waals surface area contributed by atoms with E-state index in [-0.39, 0.29) is 17.0 Å². The second-order valence-electron chi connectivity index (χ2n) is 11.7. The molecule has 3 heterocycles. The van der Waals surface area contributed by atoms with Crippen LogP contribution in [0.2, 0.25) is 0 Å². The summed E-state index contributed by atoms with van der Waals surface area (Å²) in [7, 11) is -11.7. The summed E-state index contributed by atoms with van der Waals surface area (Å²) in [5.74, 6) is -4.85. The number of carbonyl (C=O) groups excluding carboxylic acids is 5. The number of aliphatic hydroxyl groups is 2. The highest BCUT2D eigenvalue weighted by Crippen LogP contribution is 2.61. The van der Waals surface area contributed by atoms with Crippen LogP contribution in [-0.4, -0.2) is 138 Å². The molecule has 0 radical (unpaired) electrons. The van der Waals surface area contributed by atoms with Gasteiger partial charge in [-0.3, -0.25) is 37.6 Å². The average Bonchev–Trinajstić information content (AvgIpc) is 3.61. The third-order valence-corrected chi connectivity index (χ3v) is 9.76. The van der Waals surface area contributed by atoms with Crippen LogP contribution in [0.4, 0.5) is 5.82 Å². The van der Waals surface area contributed by atoms with Crippen LogP contribution >= 0.6 is 15.6 Å². The van der Waals surface area contributed by atoms with Crippen molar-refractivity contribution in [2.45, 2.75) is 96.8 Å². The molecule has 1 fully saturated rings. The molecule has 8 unspecified atom stereocenters. The zero-order valence-corrected chi connectivity index (χ0v) is 32.3. The molecule has 0 aromatic carbocycles. The predicted octanol–water partition coefficient (Wildman–Crippen LogP) is -1.07. The van der Waals surface area contributed by atoms with E-state index >= 15 is 0 Å². The number of anilines is 1. The number of nitrogen functional groups attached to an aromatic ring is 1. The summed E-state index contributed by atoms with van der Waals surface area (Å²) >= 11 is 0. The number of phosphoric ester groups is 2. The lowest BCUT2D eigenvalue weighted by atomic mass is 10.1. The minimum absolute atomic E-state index is 0.00507. The Labute approximate surface area is 316 Å². The molecule has 0 amide bonds. The normalized spacial score (nSPS) is 23.0. The number of carbonyl (C=O) groups is 5. The second kappa shape index (κ2) is 19.8. The first-order chi connectivity index (χ1) is 26.0. The van der Waals surface area contributed by atoms with Crippen LogP contribution in [0.25, 0.3) is 11.2 Å². The van der Waals surface area contributed by atoms with E-state index < -0.39 is 121 Å². The van der Waals surface area contributed by atoms with E-state index in [1.54, 1.807) is 0 Å². The predicted molar refractivity (Wildman–Crippen MR) is 178 cm³/mol. The maximum absolute atomic E-state index is 13.3. The van der Waals surface area contributed by atoms with Crippen molar-refractivity contribution in [3.05, 3.63) is 12.7 Å². The van der Waals surface area contributed by atoms with Gasteiger partial charge in [-0.15, -0.1) is 0 Å². The molecule has 3 rings (SSSR count). The molecule has 1 aliphatic heterocycles. The maximum atomic E-state index is 13.3. The largest absolute Gasteiger partial charge is 0.483 e. The molecule has 2 aromatic rings. The van der Waals surface area contributed by atoms with Gasteiger partial charge in [0.15, 0.2) is 29.9 Å². The quantitative estimate of drug-likeness (QED) is 0.0458. The molecule has 0 spiro atoms. The first kappa shape index (κ1) is 46.2. The van der Waals surface area contributed by atoms with Gasteiger partial charge >= 0.3 is 45.5 Å². The molecule has 0 saturated carbocycles. The second-order valence-corrected chi connectivity index (χ2v) is 14.7. The van der Waals surface area contributed by atoms with Gasteiger partial charge in [-0.2, -0.15) is 4.31 Å². The minimum atomic E-state index is -5.98. The Kier molecular flexibility index (Phi) is 16.3. The fraction of sp³-hybridized carbons (Fsp3) is 0.643.